The summed E-state index contributed by atoms with van der Waals surface area (Å²) in [4.78, 5) is 24.1. The van der Waals surface area contributed by atoms with Crippen LogP contribution in [-0.4, -0.2) is 37.2 Å². The Kier molecular flexibility index (Phi) is 6.82. The van der Waals surface area contributed by atoms with Crippen LogP contribution >= 0.6 is 11.3 Å². The molecule has 0 aliphatic carbocycles. The molecule has 0 spiro atoms. The molecule has 6 nitrogen and oxygen atoms in total. The number of carbonyl (C=O) groups excluding carboxylic acids is 1. The van der Waals surface area contributed by atoms with E-state index in [0.29, 0.717) is 23.7 Å². The molecule has 0 saturated heterocycles. The third-order valence-corrected chi connectivity index (χ3v) is 4.52. The number of ether oxygens (including phenoxy) is 2. The van der Waals surface area contributed by atoms with Gasteiger partial charge in [-0.3, -0.25) is 9.59 Å². The molecule has 0 aliphatic rings. The fourth-order valence-corrected chi connectivity index (χ4v) is 3.04. The number of nitrogens with one attached hydrogen (secondary N) is 1. The molecule has 0 fully saturated rings. The molecule has 25 heavy (non-hydrogen) atoms. The van der Waals surface area contributed by atoms with E-state index < -0.39 is 11.9 Å². The zero-order chi connectivity index (χ0) is 18.2. The van der Waals surface area contributed by atoms with Crippen LogP contribution in [0.4, 0.5) is 0 Å². The van der Waals surface area contributed by atoms with Gasteiger partial charge in [0.05, 0.1) is 24.5 Å². The molecule has 2 aromatic rings. The molecule has 2 N–H and O–H groups in total. The van der Waals surface area contributed by atoms with Crippen molar-refractivity contribution in [1.82, 2.24) is 5.32 Å². The van der Waals surface area contributed by atoms with Gasteiger partial charge in [-0.05, 0) is 31.0 Å². The minimum absolute atomic E-state index is 0.0571. The monoisotopic (exact) mass is 363 g/mol. The van der Waals surface area contributed by atoms with E-state index in [4.69, 9.17) is 9.47 Å². The predicted molar refractivity (Wildman–Crippen MR) is 95.6 cm³/mol. The first-order valence-electron chi connectivity index (χ1n) is 7.88. The lowest BCUT2D eigenvalue weighted by molar-refractivity contribution is -0.141. The Hall–Kier alpha value is -2.54. The van der Waals surface area contributed by atoms with Crippen molar-refractivity contribution in [3.8, 4) is 11.5 Å². The second kappa shape index (κ2) is 9.08. The summed E-state index contributed by atoms with van der Waals surface area (Å²) in [6.07, 6.45) is 0.329. The molecule has 0 aliphatic heterocycles. The van der Waals surface area contributed by atoms with Gasteiger partial charge < -0.3 is 19.9 Å². The summed E-state index contributed by atoms with van der Waals surface area (Å²) < 4.78 is 10.4. The number of methoxy groups -OCH3 is 1. The van der Waals surface area contributed by atoms with E-state index in [-0.39, 0.29) is 12.5 Å². The Balaban J connectivity index is 1.93. The van der Waals surface area contributed by atoms with Crippen LogP contribution in [0.5, 0.6) is 11.5 Å². The molecule has 7 heteroatoms. The van der Waals surface area contributed by atoms with Crippen LogP contribution in [0.25, 0.3) is 0 Å². The van der Waals surface area contributed by atoms with Crippen molar-refractivity contribution >= 4 is 23.2 Å². The quantitative estimate of drug-likeness (QED) is 0.716. The van der Waals surface area contributed by atoms with Crippen molar-refractivity contribution < 1.29 is 24.2 Å². The van der Waals surface area contributed by atoms with E-state index in [1.54, 1.807) is 11.4 Å². The fraction of sp³-hybridized carbons (Fsp3) is 0.333. The third kappa shape index (κ3) is 5.49. The molecular formula is C18H21NO5S. The number of hydrogen-bond acceptors (Lipinski definition) is 5. The molecule has 0 saturated carbocycles. The van der Waals surface area contributed by atoms with Gasteiger partial charge in [0.2, 0.25) is 0 Å². The van der Waals surface area contributed by atoms with Gasteiger partial charge in [0.15, 0.2) is 0 Å². The van der Waals surface area contributed by atoms with Gasteiger partial charge in [-0.15, -0.1) is 11.3 Å². The number of thiophene rings is 1. The van der Waals surface area contributed by atoms with Crippen molar-refractivity contribution in [3.63, 3.8) is 0 Å². The van der Waals surface area contributed by atoms with E-state index in [9.17, 15) is 14.7 Å². The van der Waals surface area contributed by atoms with E-state index in [1.165, 1.54) is 18.4 Å². The van der Waals surface area contributed by atoms with Gasteiger partial charge in [-0.2, -0.15) is 0 Å². The molecule has 134 valence electrons. The smallest absolute Gasteiger partial charge is 0.308 e. The number of carboxylic acids is 1. The summed E-state index contributed by atoms with van der Waals surface area (Å²) in [5, 5.41) is 13.8. The van der Waals surface area contributed by atoms with Crippen LogP contribution in [-0.2, 0) is 11.2 Å². The maximum Gasteiger partial charge on any atom is 0.308 e. The Labute approximate surface area is 150 Å². The largest absolute Gasteiger partial charge is 0.496 e. The van der Waals surface area contributed by atoms with Crippen molar-refractivity contribution in [2.45, 2.75) is 13.3 Å². The van der Waals surface area contributed by atoms with Gasteiger partial charge >= 0.3 is 5.97 Å². The maximum atomic E-state index is 12.1. The SMILES string of the molecule is CCOc1ccc(CC(CNC(=O)c2cc(OC)cs2)C(=O)O)cc1. The van der Waals surface area contributed by atoms with E-state index in [2.05, 4.69) is 5.32 Å². The van der Waals surface area contributed by atoms with E-state index >= 15 is 0 Å². The predicted octanol–water partition coefficient (Wildman–Crippen LogP) is 2.83. The van der Waals surface area contributed by atoms with Crippen LogP contribution in [0.3, 0.4) is 0 Å². The van der Waals surface area contributed by atoms with Crippen LogP contribution in [0.15, 0.2) is 35.7 Å². The zero-order valence-corrected chi connectivity index (χ0v) is 15.0. The highest BCUT2D eigenvalue weighted by Crippen LogP contribution is 2.21. The first-order valence-corrected chi connectivity index (χ1v) is 8.76. The molecule has 0 bridgehead atoms. The molecule has 1 heterocycles. The topological polar surface area (TPSA) is 84.9 Å². The Bertz CT molecular complexity index is 711. The lowest BCUT2D eigenvalue weighted by Gasteiger charge is -2.13. The minimum Gasteiger partial charge on any atom is -0.496 e. The van der Waals surface area contributed by atoms with Crippen LogP contribution in [0.1, 0.15) is 22.2 Å². The van der Waals surface area contributed by atoms with Gasteiger partial charge in [-0.25, -0.2) is 0 Å². The lowest BCUT2D eigenvalue weighted by Crippen LogP contribution is -2.33. The average Bonchev–Trinajstić information content (AvgIpc) is 3.09. The second-order valence-electron chi connectivity index (χ2n) is 5.38. The molecule has 0 radical (unpaired) electrons. The first-order chi connectivity index (χ1) is 12.0. The Morgan fingerprint density at radius 3 is 2.52 bits per heavy atom. The summed E-state index contributed by atoms with van der Waals surface area (Å²) >= 11 is 1.25. The molecular weight excluding hydrogens is 342 g/mol. The first kappa shape index (κ1) is 18.8. The summed E-state index contributed by atoms with van der Waals surface area (Å²) in [7, 11) is 1.53. The van der Waals surface area contributed by atoms with Crippen molar-refractivity contribution in [1.29, 1.82) is 0 Å². The number of benzene rings is 1. The Morgan fingerprint density at radius 1 is 1.24 bits per heavy atom. The van der Waals surface area contributed by atoms with Crippen molar-refractivity contribution in [2.75, 3.05) is 20.3 Å². The fourth-order valence-electron chi connectivity index (χ4n) is 2.27. The lowest BCUT2D eigenvalue weighted by atomic mass is 9.99. The maximum absolute atomic E-state index is 12.1. The summed E-state index contributed by atoms with van der Waals surface area (Å²) in [5.74, 6) is -0.592. The number of aliphatic carboxylic acids is 1. The average molecular weight is 363 g/mol. The van der Waals surface area contributed by atoms with Gasteiger partial charge in [0, 0.05) is 18.0 Å². The van der Waals surface area contributed by atoms with Crippen molar-refractivity contribution in [2.24, 2.45) is 5.92 Å². The normalized spacial score (nSPS) is 11.6. The summed E-state index contributed by atoms with van der Waals surface area (Å²) in [6.45, 7) is 2.54. The molecule has 2 rings (SSSR count). The van der Waals surface area contributed by atoms with Crippen LogP contribution in [0.2, 0.25) is 0 Å². The zero-order valence-electron chi connectivity index (χ0n) is 14.2. The van der Waals surface area contributed by atoms with Crippen LogP contribution in [0, 0.1) is 5.92 Å². The number of carboxylic acid groups (broad SMARTS) is 1. The minimum atomic E-state index is -0.946. The number of rotatable bonds is 9. The van der Waals surface area contributed by atoms with Gasteiger partial charge in [0.25, 0.3) is 5.91 Å². The standard InChI is InChI=1S/C18H21NO5S/c1-3-24-14-6-4-12(5-7-14)8-13(18(21)22)10-19-17(20)16-9-15(23-2)11-25-16/h4-7,9,11,13H,3,8,10H2,1-2H3,(H,19,20)(H,21,22). The molecule has 1 atom stereocenters. The molecule has 1 aromatic carbocycles. The van der Waals surface area contributed by atoms with Crippen molar-refractivity contribution in [3.05, 3.63) is 46.2 Å². The van der Waals surface area contributed by atoms with E-state index in [1.807, 2.05) is 31.2 Å². The highest BCUT2D eigenvalue weighted by molar-refractivity contribution is 7.12. The Morgan fingerprint density at radius 2 is 1.96 bits per heavy atom. The number of amides is 1. The van der Waals surface area contributed by atoms with Crippen LogP contribution < -0.4 is 14.8 Å². The van der Waals surface area contributed by atoms with Gasteiger partial charge in [-0.1, -0.05) is 12.1 Å². The summed E-state index contributed by atoms with van der Waals surface area (Å²) in [5.41, 5.74) is 0.878. The highest BCUT2D eigenvalue weighted by Gasteiger charge is 2.20. The summed E-state index contributed by atoms with van der Waals surface area (Å²) in [6, 6.07) is 8.94. The molecule has 1 aromatic heterocycles. The molecule has 1 unspecified atom stereocenters. The van der Waals surface area contributed by atoms with Gasteiger partial charge in [0.1, 0.15) is 11.5 Å². The number of hydrogen-bond donors (Lipinski definition) is 2. The second-order valence-corrected chi connectivity index (χ2v) is 6.29. The van der Waals surface area contributed by atoms with E-state index in [0.717, 1.165) is 11.3 Å². The molecule has 1 amide bonds. The third-order valence-electron chi connectivity index (χ3n) is 3.61. The highest BCUT2D eigenvalue weighted by atomic mass is 32.1. The number of carbonyl (C=O) groups is 2.